The van der Waals surface area contributed by atoms with E-state index in [4.69, 9.17) is 29.3 Å². The minimum absolute atomic E-state index is 0.596. The number of nitrogens with zero attached hydrogens (tertiary/aromatic N) is 5. The lowest BCUT2D eigenvalue weighted by Gasteiger charge is -2.11. The van der Waals surface area contributed by atoms with Crippen molar-refractivity contribution in [2.75, 3.05) is 0 Å². The van der Waals surface area contributed by atoms with Crippen LogP contribution in [0.15, 0.2) is 156 Å². The molecule has 0 spiro atoms. The van der Waals surface area contributed by atoms with Gasteiger partial charge >= 0.3 is 0 Å². The molecule has 47 heavy (non-hydrogen) atoms. The first-order valence-corrected chi connectivity index (χ1v) is 15.4. The van der Waals surface area contributed by atoms with E-state index in [1.807, 2.05) is 78.9 Å². The maximum atomic E-state index is 6.19. The number of para-hydroxylation sites is 1. The Bertz CT molecular complexity index is 2540. The molecule has 0 amide bonds. The molecule has 0 aliphatic carbocycles. The van der Waals surface area contributed by atoms with Gasteiger partial charge in [0.25, 0.3) is 0 Å². The third kappa shape index (κ3) is 4.80. The second kappa shape index (κ2) is 11.1. The van der Waals surface area contributed by atoms with Crippen LogP contribution in [0.1, 0.15) is 0 Å². The van der Waals surface area contributed by atoms with Crippen LogP contribution in [0.5, 0.6) is 0 Å². The van der Waals surface area contributed by atoms with Gasteiger partial charge in [0, 0.05) is 33.8 Å². The molecule has 6 heteroatoms. The molecule has 6 nitrogen and oxygen atoms in total. The van der Waals surface area contributed by atoms with Crippen molar-refractivity contribution in [1.82, 2.24) is 24.9 Å². The molecule has 0 atom stereocenters. The van der Waals surface area contributed by atoms with Crippen molar-refractivity contribution in [3.63, 3.8) is 0 Å². The average Bonchev–Trinajstić information content (AvgIpc) is 3.52. The predicted molar refractivity (Wildman–Crippen MR) is 187 cm³/mol. The van der Waals surface area contributed by atoms with E-state index in [-0.39, 0.29) is 0 Å². The number of pyridine rings is 2. The molecule has 0 fully saturated rings. The topological polar surface area (TPSA) is 77.6 Å². The van der Waals surface area contributed by atoms with Gasteiger partial charge in [-0.3, -0.25) is 4.98 Å². The van der Waals surface area contributed by atoms with Gasteiger partial charge in [0.2, 0.25) is 5.71 Å². The quantitative estimate of drug-likeness (QED) is 0.195. The molecule has 9 aromatic rings. The summed E-state index contributed by atoms with van der Waals surface area (Å²) in [5.41, 5.74) is 10.0. The molecule has 0 aliphatic heterocycles. The van der Waals surface area contributed by atoms with Gasteiger partial charge in [-0.15, -0.1) is 0 Å². The fourth-order valence-electron chi connectivity index (χ4n) is 6.12. The summed E-state index contributed by atoms with van der Waals surface area (Å²) in [5.74, 6) is 1.84. The van der Waals surface area contributed by atoms with Gasteiger partial charge in [0.05, 0.1) is 16.4 Å². The van der Waals surface area contributed by atoms with Gasteiger partial charge in [-0.2, -0.15) is 0 Å². The second-order valence-electron chi connectivity index (χ2n) is 11.3. The van der Waals surface area contributed by atoms with Gasteiger partial charge < -0.3 is 4.42 Å². The Labute approximate surface area is 270 Å². The molecule has 4 heterocycles. The lowest BCUT2D eigenvalue weighted by molar-refractivity contribution is 0.656. The molecular weight excluding hydrogens is 578 g/mol. The lowest BCUT2D eigenvalue weighted by Crippen LogP contribution is -2.00. The summed E-state index contributed by atoms with van der Waals surface area (Å²) >= 11 is 0. The number of fused-ring (bicyclic) bond motifs is 4. The highest BCUT2D eigenvalue weighted by Gasteiger charge is 2.19. The molecule has 0 N–H and O–H groups in total. The Kier molecular flexibility index (Phi) is 6.35. The van der Waals surface area contributed by atoms with Crippen LogP contribution in [0.2, 0.25) is 0 Å². The largest absolute Gasteiger partial charge is 0.438 e. The van der Waals surface area contributed by atoms with Crippen molar-refractivity contribution >= 4 is 33.1 Å². The van der Waals surface area contributed by atoms with E-state index in [1.54, 1.807) is 6.20 Å². The summed E-state index contributed by atoms with van der Waals surface area (Å²) in [6.45, 7) is 0. The Morgan fingerprint density at radius 3 is 1.57 bits per heavy atom. The van der Waals surface area contributed by atoms with Crippen LogP contribution in [0, 0.1) is 0 Å². The number of aromatic nitrogens is 5. The monoisotopic (exact) mass is 603 g/mol. The van der Waals surface area contributed by atoms with E-state index >= 15 is 0 Å². The third-order valence-electron chi connectivity index (χ3n) is 8.42. The van der Waals surface area contributed by atoms with Gasteiger partial charge in [-0.25, -0.2) is 19.9 Å². The van der Waals surface area contributed by atoms with Gasteiger partial charge in [-0.1, -0.05) is 127 Å². The third-order valence-corrected chi connectivity index (χ3v) is 8.42. The van der Waals surface area contributed by atoms with E-state index in [2.05, 4.69) is 66.7 Å². The summed E-state index contributed by atoms with van der Waals surface area (Å²) in [7, 11) is 0. The average molecular weight is 604 g/mol. The summed E-state index contributed by atoms with van der Waals surface area (Å²) in [4.78, 5) is 24.4. The Hall–Kier alpha value is -6.53. The fraction of sp³-hybridized carbons (Fsp3) is 0. The summed E-state index contributed by atoms with van der Waals surface area (Å²) < 4.78 is 6.19. The van der Waals surface area contributed by atoms with Crippen LogP contribution in [-0.2, 0) is 0 Å². The number of benzene rings is 5. The predicted octanol–water partition coefficient (Wildman–Crippen LogP) is 10.0. The van der Waals surface area contributed by atoms with E-state index in [0.29, 0.717) is 23.2 Å². The van der Waals surface area contributed by atoms with Crippen molar-refractivity contribution in [2.45, 2.75) is 0 Å². The molecule has 9 rings (SSSR count). The molecule has 0 bridgehead atoms. The van der Waals surface area contributed by atoms with Crippen LogP contribution < -0.4 is 0 Å². The van der Waals surface area contributed by atoms with Gasteiger partial charge in [0.15, 0.2) is 17.5 Å². The SMILES string of the molecule is c1ccc(-c2ccc(-c3nc(-c4ccccc4)nc(-c4ccc(-c5c6ncccc6nc6oc7ccccc7c56)cc4)n3)cc2)cc1. The summed E-state index contributed by atoms with van der Waals surface area (Å²) in [5, 5.41) is 1.96. The summed E-state index contributed by atoms with van der Waals surface area (Å²) in [6, 6.07) is 48.9. The van der Waals surface area contributed by atoms with Crippen LogP contribution in [0.25, 0.3) is 89.5 Å². The minimum atomic E-state index is 0.596. The van der Waals surface area contributed by atoms with Gasteiger partial charge in [-0.05, 0) is 34.9 Å². The highest BCUT2D eigenvalue weighted by Crippen LogP contribution is 2.40. The fourth-order valence-corrected chi connectivity index (χ4v) is 6.12. The zero-order chi connectivity index (χ0) is 31.2. The van der Waals surface area contributed by atoms with Crippen LogP contribution >= 0.6 is 0 Å². The van der Waals surface area contributed by atoms with Crippen molar-refractivity contribution in [2.24, 2.45) is 0 Å². The normalized spacial score (nSPS) is 11.4. The number of hydrogen-bond donors (Lipinski definition) is 0. The lowest BCUT2D eigenvalue weighted by atomic mass is 9.98. The zero-order valence-corrected chi connectivity index (χ0v) is 25.1. The summed E-state index contributed by atoms with van der Waals surface area (Å²) in [6.07, 6.45) is 1.81. The molecule has 0 saturated carbocycles. The van der Waals surface area contributed by atoms with Crippen molar-refractivity contribution in [3.8, 4) is 56.4 Å². The molecule has 0 saturated heterocycles. The maximum Gasteiger partial charge on any atom is 0.228 e. The van der Waals surface area contributed by atoms with Crippen molar-refractivity contribution < 1.29 is 4.42 Å². The van der Waals surface area contributed by atoms with E-state index < -0.39 is 0 Å². The Morgan fingerprint density at radius 1 is 0.404 bits per heavy atom. The molecule has 0 unspecified atom stereocenters. The highest BCUT2D eigenvalue weighted by atomic mass is 16.3. The van der Waals surface area contributed by atoms with Crippen LogP contribution in [-0.4, -0.2) is 24.9 Å². The first-order valence-electron chi connectivity index (χ1n) is 15.4. The molecule has 220 valence electrons. The number of rotatable bonds is 5. The first kappa shape index (κ1) is 26.8. The molecule has 0 aliphatic rings. The smallest absolute Gasteiger partial charge is 0.228 e. The highest BCUT2D eigenvalue weighted by molar-refractivity contribution is 6.17. The number of hydrogen-bond acceptors (Lipinski definition) is 6. The van der Waals surface area contributed by atoms with E-state index in [0.717, 1.165) is 60.8 Å². The standard InChI is InChI=1S/C41H25N5O/c1-3-10-26(11-4-1)27-17-21-30(22-18-27)39-44-38(29-12-5-2-6-13-29)45-40(46-39)31-23-19-28(20-24-31)35-36-32-14-7-8-16-34(32)47-41(36)43-33-15-9-25-42-37(33)35/h1-25H. The Balaban J connectivity index is 1.17. The Morgan fingerprint density at radius 2 is 0.915 bits per heavy atom. The second-order valence-corrected chi connectivity index (χ2v) is 11.3. The minimum Gasteiger partial charge on any atom is -0.438 e. The van der Waals surface area contributed by atoms with E-state index in [1.165, 1.54) is 5.56 Å². The molecule has 0 radical (unpaired) electrons. The molecular formula is C41H25N5O. The van der Waals surface area contributed by atoms with E-state index in [9.17, 15) is 0 Å². The first-order chi connectivity index (χ1) is 23.3. The zero-order valence-electron chi connectivity index (χ0n) is 25.1. The number of furan rings is 1. The molecule has 4 aromatic heterocycles. The maximum absolute atomic E-state index is 6.19. The van der Waals surface area contributed by atoms with Gasteiger partial charge in [0.1, 0.15) is 5.58 Å². The van der Waals surface area contributed by atoms with Crippen molar-refractivity contribution in [1.29, 1.82) is 0 Å². The van der Waals surface area contributed by atoms with Crippen LogP contribution in [0.4, 0.5) is 0 Å². The van der Waals surface area contributed by atoms with Crippen molar-refractivity contribution in [3.05, 3.63) is 152 Å². The van der Waals surface area contributed by atoms with Crippen LogP contribution in [0.3, 0.4) is 0 Å². The molecule has 5 aromatic carbocycles.